The van der Waals surface area contributed by atoms with Crippen LogP contribution in [0.4, 0.5) is 11.4 Å². The lowest BCUT2D eigenvalue weighted by atomic mass is 10.1. The molecule has 0 spiro atoms. The molecule has 6 nitrogen and oxygen atoms in total. The first-order valence-electron chi connectivity index (χ1n) is 8.26. The van der Waals surface area contributed by atoms with Gasteiger partial charge in [-0.25, -0.2) is 4.98 Å². The van der Waals surface area contributed by atoms with Crippen molar-refractivity contribution < 1.29 is 4.92 Å². The Kier molecular flexibility index (Phi) is 5.34. The van der Waals surface area contributed by atoms with E-state index in [1.807, 2.05) is 61.7 Å². The highest BCUT2D eigenvalue weighted by molar-refractivity contribution is 5.95. The zero-order valence-corrected chi connectivity index (χ0v) is 14.3. The number of para-hydroxylation sites is 2. The summed E-state index contributed by atoms with van der Waals surface area (Å²) in [5.41, 5.74) is 2.37. The lowest BCUT2D eigenvalue weighted by Crippen LogP contribution is -2.02. The van der Waals surface area contributed by atoms with Crippen LogP contribution in [0.3, 0.4) is 0 Å². The van der Waals surface area contributed by atoms with E-state index in [1.165, 1.54) is 11.6 Å². The molecule has 1 N–H and O–H groups in total. The Hall–Kier alpha value is -3.54. The molecule has 0 fully saturated rings. The summed E-state index contributed by atoms with van der Waals surface area (Å²) >= 11 is 0. The van der Waals surface area contributed by atoms with E-state index in [0.717, 1.165) is 16.4 Å². The summed E-state index contributed by atoms with van der Waals surface area (Å²) in [5, 5.41) is 15.9. The van der Waals surface area contributed by atoms with Crippen molar-refractivity contribution in [1.29, 1.82) is 0 Å². The number of rotatable bonds is 3. The molecular formula is C20H18N4O2. The van der Waals surface area contributed by atoms with Crippen LogP contribution in [0.1, 0.15) is 6.92 Å². The van der Waals surface area contributed by atoms with Crippen LogP contribution in [0.15, 0.2) is 73.1 Å². The highest BCUT2D eigenvalue weighted by atomic mass is 16.6. The quantitative estimate of drug-likeness (QED) is 0.425. The van der Waals surface area contributed by atoms with Gasteiger partial charge in [-0.05, 0) is 25.1 Å². The number of aromatic nitrogens is 2. The van der Waals surface area contributed by atoms with E-state index in [4.69, 9.17) is 0 Å². The molecule has 26 heavy (non-hydrogen) atoms. The van der Waals surface area contributed by atoms with Crippen LogP contribution >= 0.6 is 0 Å². The third kappa shape index (κ3) is 3.75. The fourth-order valence-electron chi connectivity index (χ4n) is 2.65. The Morgan fingerprint density at radius 3 is 2.38 bits per heavy atom. The molecule has 4 aromatic rings. The predicted molar refractivity (Wildman–Crippen MR) is 104 cm³/mol. The Bertz CT molecular complexity index is 985. The van der Waals surface area contributed by atoms with Crippen molar-refractivity contribution in [3.63, 3.8) is 0 Å². The molecule has 2 aromatic heterocycles. The van der Waals surface area contributed by atoms with Crippen LogP contribution in [0, 0.1) is 10.1 Å². The number of anilines is 1. The van der Waals surface area contributed by atoms with Gasteiger partial charge in [-0.3, -0.25) is 15.1 Å². The molecule has 2 aromatic carbocycles. The van der Waals surface area contributed by atoms with Crippen LogP contribution in [-0.2, 0) is 0 Å². The molecule has 6 heteroatoms. The molecule has 0 saturated heterocycles. The van der Waals surface area contributed by atoms with Gasteiger partial charge in [0.25, 0.3) is 0 Å². The van der Waals surface area contributed by atoms with Crippen LogP contribution in [0.2, 0.25) is 0 Å². The van der Waals surface area contributed by atoms with Gasteiger partial charge in [-0.15, -0.1) is 0 Å². The molecule has 0 radical (unpaired) electrons. The third-order valence-electron chi connectivity index (χ3n) is 3.82. The summed E-state index contributed by atoms with van der Waals surface area (Å²) in [6, 6.07) is 19.4. The van der Waals surface area contributed by atoms with Crippen molar-refractivity contribution in [3.05, 3.63) is 83.2 Å². The second kappa shape index (κ2) is 8.02. The largest absolute Gasteiger partial charge is 0.379 e. The Morgan fingerprint density at radius 1 is 0.962 bits per heavy atom. The van der Waals surface area contributed by atoms with Crippen LogP contribution < -0.4 is 5.32 Å². The van der Waals surface area contributed by atoms with E-state index in [2.05, 4.69) is 27.4 Å². The second-order valence-corrected chi connectivity index (χ2v) is 5.52. The SMILES string of the molecule is CCNc1c([N+](=O)[O-])cnc2ccccc12.c1ccc2ncccc2c1. The third-order valence-corrected chi connectivity index (χ3v) is 3.82. The summed E-state index contributed by atoms with van der Waals surface area (Å²) in [4.78, 5) is 18.7. The summed E-state index contributed by atoms with van der Waals surface area (Å²) in [5.74, 6) is 0. The second-order valence-electron chi connectivity index (χ2n) is 5.52. The minimum absolute atomic E-state index is 0.0144. The maximum atomic E-state index is 10.9. The lowest BCUT2D eigenvalue weighted by molar-refractivity contribution is -0.384. The lowest BCUT2D eigenvalue weighted by Gasteiger charge is -2.07. The van der Waals surface area contributed by atoms with Crippen LogP contribution in [-0.4, -0.2) is 21.4 Å². The summed E-state index contributed by atoms with van der Waals surface area (Å²) < 4.78 is 0. The first-order valence-corrected chi connectivity index (χ1v) is 8.26. The summed E-state index contributed by atoms with van der Waals surface area (Å²) in [6.45, 7) is 2.54. The maximum absolute atomic E-state index is 10.9. The van der Waals surface area contributed by atoms with Gasteiger partial charge in [0.2, 0.25) is 0 Å². The molecule has 0 unspecified atom stereocenters. The smallest absolute Gasteiger partial charge is 0.311 e. The molecule has 130 valence electrons. The van der Waals surface area contributed by atoms with Crippen molar-refractivity contribution in [2.75, 3.05) is 11.9 Å². The fraction of sp³-hybridized carbons (Fsp3) is 0.100. The predicted octanol–water partition coefficient (Wildman–Crippen LogP) is 4.81. The summed E-state index contributed by atoms with van der Waals surface area (Å²) in [6.07, 6.45) is 3.10. The summed E-state index contributed by atoms with van der Waals surface area (Å²) in [7, 11) is 0. The van der Waals surface area contributed by atoms with Crippen LogP contribution in [0.5, 0.6) is 0 Å². The first-order chi connectivity index (χ1) is 12.7. The minimum atomic E-state index is -0.419. The standard InChI is InChI=1S/C11H11N3O2.C9H7N/c1-2-12-11-8-5-3-4-6-9(8)13-7-10(11)14(15)16;1-2-6-9-8(4-1)5-3-7-10-9/h3-7H,2H2,1H3,(H,12,13);1-7H. The molecule has 0 saturated carbocycles. The number of nitrogens with zero attached hydrogens (tertiary/aromatic N) is 3. The van der Waals surface area contributed by atoms with Gasteiger partial charge in [0.05, 0.1) is 16.0 Å². The number of fused-ring (bicyclic) bond motifs is 2. The van der Waals surface area contributed by atoms with Gasteiger partial charge in [-0.1, -0.05) is 42.5 Å². The zero-order valence-electron chi connectivity index (χ0n) is 14.3. The highest BCUT2D eigenvalue weighted by Crippen LogP contribution is 2.30. The van der Waals surface area contributed by atoms with E-state index >= 15 is 0 Å². The first kappa shape index (κ1) is 17.3. The van der Waals surface area contributed by atoms with E-state index in [0.29, 0.717) is 12.2 Å². The molecule has 0 bridgehead atoms. The number of benzene rings is 2. The molecule has 0 amide bonds. The monoisotopic (exact) mass is 346 g/mol. The maximum Gasteiger partial charge on any atom is 0.311 e. The number of hydrogen-bond donors (Lipinski definition) is 1. The molecular weight excluding hydrogens is 328 g/mol. The zero-order chi connectivity index (χ0) is 18.4. The molecule has 4 rings (SSSR count). The molecule has 0 atom stereocenters. The van der Waals surface area contributed by atoms with Crippen LogP contribution in [0.25, 0.3) is 21.8 Å². The highest BCUT2D eigenvalue weighted by Gasteiger charge is 2.16. The normalized spacial score (nSPS) is 10.2. The minimum Gasteiger partial charge on any atom is -0.379 e. The van der Waals surface area contributed by atoms with Gasteiger partial charge >= 0.3 is 5.69 Å². The Morgan fingerprint density at radius 2 is 1.65 bits per heavy atom. The Labute approximate surface area is 150 Å². The number of pyridine rings is 2. The molecule has 2 heterocycles. The van der Waals surface area contributed by atoms with E-state index in [9.17, 15) is 10.1 Å². The number of nitrogens with one attached hydrogen (secondary N) is 1. The van der Waals surface area contributed by atoms with Gasteiger partial charge in [0.1, 0.15) is 11.9 Å². The van der Waals surface area contributed by atoms with E-state index in [-0.39, 0.29) is 5.69 Å². The topological polar surface area (TPSA) is 81.0 Å². The van der Waals surface area contributed by atoms with Crippen molar-refractivity contribution in [3.8, 4) is 0 Å². The van der Waals surface area contributed by atoms with Crippen molar-refractivity contribution in [2.45, 2.75) is 6.92 Å². The molecule has 0 aliphatic heterocycles. The number of nitro groups is 1. The molecule has 0 aliphatic rings. The van der Waals surface area contributed by atoms with Gasteiger partial charge in [-0.2, -0.15) is 0 Å². The molecule has 0 aliphatic carbocycles. The van der Waals surface area contributed by atoms with Crippen molar-refractivity contribution in [2.24, 2.45) is 0 Å². The average molecular weight is 346 g/mol. The van der Waals surface area contributed by atoms with Gasteiger partial charge < -0.3 is 5.32 Å². The van der Waals surface area contributed by atoms with Crippen molar-refractivity contribution in [1.82, 2.24) is 9.97 Å². The fourth-order valence-corrected chi connectivity index (χ4v) is 2.65. The van der Waals surface area contributed by atoms with E-state index in [1.54, 1.807) is 0 Å². The van der Waals surface area contributed by atoms with Gasteiger partial charge in [0.15, 0.2) is 0 Å². The number of hydrogen-bond acceptors (Lipinski definition) is 5. The van der Waals surface area contributed by atoms with E-state index < -0.39 is 4.92 Å². The van der Waals surface area contributed by atoms with Gasteiger partial charge in [0, 0.05) is 23.5 Å². The van der Waals surface area contributed by atoms with Crippen molar-refractivity contribution >= 4 is 33.2 Å². The Balaban J connectivity index is 0.000000167. The average Bonchev–Trinajstić information content (AvgIpc) is 2.69.